The number of piperazine rings is 1. The van der Waals surface area contributed by atoms with Crippen molar-refractivity contribution in [2.45, 2.75) is 59.0 Å². The summed E-state index contributed by atoms with van der Waals surface area (Å²) in [5, 5.41) is 3.39. The zero-order chi connectivity index (χ0) is 20.8. The molecule has 3 N–H and O–H groups in total. The number of halogens is 1. The van der Waals surface area contributed by atoms with Gasteiger partial charge in [0.15, 0.2) is 11.7 Å². The third-order valence-electron chi connectivity index (χ3n) is 6.44. The molecule has 0 aromatic carbocycles. The lowest BCUT2D eigenvalue weighted by molar-refractivity contribution is 0.0864. The van der Waals surface area contributed by atoms with Crippen LogP contribution in [0.2, 0.25) is 0 Å². The minimum Gasteiger partial charge on any atom is -0.454 e. The summed E-state index contributed by atoms with van der Waals surface area (Å²) in [5.74, 6) is 2.92. The van der Waals surface area contributed by atoms with Gasteiger partial charge in [0.05, 0.1) is 0 Å². The Morgan fingerprint density at radius 1 is 1.20 bits per heavy atom. The highest BCUT2D eigenvalue weighted by molar-refractivity contribution is 14.0. The van der Waals surface area contributed by atoms with Crippen LogP contribution in [-0.2, 0) is 6.54 Å². The number of carbonyl (C=O) groups excluding carboxylic acids is 1. The lowest BCUT2D eigenvalue weighted by atomic mass is 9.79. The van der Waals surface area contributed by atoms with Crippen LogP contribution in [0.3, 0.4) is 0 Å². The minimum atomic E-state index is -0.550. The highest BCUT2D eigenvalue weighted by Gasteiger charge is 2.29. The first kappa shape index (κ1) is 25.0. The largest absolute Gasteiger partial charge is 0.454 e. The molecule has 30 heavy (non-hydrogen) atoms. The van der Waals surface area contributed by atoms with Crippen molar-refractivity contribution in [2.24, 2.45) is 22.6 Å². The van der Waals surface area contributed by atoms with E-state index in [1.165, 1.54) is 25.7 Å². The van der Waals surface area contributed by atoms with Crippen molar-refractivity contribution in [1.29, 1.82) is 0 Å². The number of aliphatic imine (C=N–C) groups is 1. The topological polar surface area (TPSA) is 87.1 Å². The number of guanidine groups is 1. The summed E-state index contributed by atoms with van der Waals surface area (Å²) in [6, 6.07) is 4.12. The SMILES string of the molecule is CCNC(=NCc1ccc(C(N)=O)o1)N1CCN(C2CCC(C(C)C)CC2)CC1.I. The minimum absolute atomic E-state index is 0. The van der Waals surface area contributed by atoms with E-state index in [0.717, 1.165) is 56.6 Å². The van der Waals surface area contributed by atoms with Crippen LogP contribution < -0.4 is 11.1 Å². The van der Waals surface area contributed by atoms with Gasteiger partial charge in [0.25, 0.3) is 5.91 Å². The fraction of sp³-hybridized carbons (Fsp3) is 0.727. The van der Waals surface area contributed by atoms with Crippen molar-refractivity contribution in [2.75, 3.05) is 32.7 Å². The van der Waals surface area contributed by atoms with Crippen LogP contribution in [0.25, 0.3) is 0 Å². The summed E-state index contributed by atoms with van der Waals surface area (Å²) in [5.41, 5.74) is 5.25. The standard InChI is InChI=1S/C22H37N5O2.HI/c1-4-24-22(25-15-19-9-10-20(29-19)21(23)28)27-13-11-26(12-14-27)18-7-5-17(6-8-18)16(2)3;/h9-10,16-18H,4-8,11-15H2,1-3H3,(H2,23,28)(H,24,25);1H. The zero-order valence-electron chi connectivity index (χ0n) is 18.6. The van der Waals surface area contributed by atoms with Crippen molar-refractivity contribution in [3.63, 3.8) is 0 Å². The number of nitrogens with one attached hydrogen (secondary N) is 1. The van der Waals surface area contributed by atoms with Crippen molar-refractivity contribution in [3.8, 4) is 0 Å². The molecule has 0 spiro atoms. The quantitative estimate of drug-likeness (QED) is 0.334. The van der Waals surface area contributed by atoms with Crippen molar-refractivity contribution >= 4 is 35.8 Å². The third kappa shape index (κ3) is 6.60. The molecule has 0 unspecified atom stereocenters. The molecular formula is C22H38IN5O2. The van der Waals surface area contributed by atoms with Crippen LogP contribution in [0.15, 0.2) is 21.5 Å². The van der Waals surface area contributed by atoms with Crippen LogP contribution in [0.5, 0.6) is 0 Å². The molecule has 2 fully saturated rings. The predicted octanol–water partition coefficient (Wildman–Crippen LogP) is 3.29. The van der Waals surface area contributed by atoms with Crippen molar-refractivity contribution in [1.82, 2.24) is 15.1 Å². The van der Waals surface area contributed by atoms with Crippen LogP contribution in [-0.4, -0.2) is 60.4 Å². The molecule has 1 amide bonds. The summed E-state index contributed by atoms with van der Waals surface area (Å²) in [6.45, 7) is 12.2. The third-order valence-corrected chi connectivity index (χ3v) is 6.44. The Hall–Kier alpha value is -1.29. The molecule has 3 rings (SSSR count). The summed E-state index contributed by atoms with van der Waals surface area (Å²) >= 11 is 0. The number of rotatable bonds is 6. The van der Waals surface area contributed by atoms with Crippen molar-refractivity contribution < 1.29 is 9.21 Å². The molecule has 1 saturated carbocycles. The summed E-state index contributed by atoms with van der Waals surface area (Å²) < 4.78 is 5.45. The van der Waals surface area contributed by atoms with Gasteiger partial charge in [-0.05, 0) is 56.6 Å². The van der Waals surface area contributed by atoms with Gasteiger partial charge >= 0.3 is 0 Å². The lowest BCUT2D eigenvalue weighted by Gasteiger charge is -2.43. The van der Waals surface area contributed by atoms with Gasteiger partial charge in [-0.3, -0.25) is 9.69 Å². The molecule has 1 aromatic rings. The second-order valence-electron chi connectivity index (χ2n) is 8.64. The number of hydrogen-bond donors (Lipinski definition) is 2. The predicted molar refractivity (Wildman–Crippen MR) is 131 cm³/mol. The Morgan fingerprint density at radius 2 is 1.87 bits per heavy atom. The van der Waals surface area contributed by atoms with Gasteiger partial charge in [-0.25, -0.2) is 4.99 Å². The summed E-state index contributed by atoms with van der Waals surface area (Å²) in [6.07, 6.45) is 5.45. The fourth-order valence-electron chi connectivity index (χ4n) is 4.61. The van der Waals surface area contributed by atoms with E-state index in [1.54, 1.807) is 12.1 Å². The summed E-state index contributed by atoms with van der Waals surface area (Å²) in [4.78, 5) is 20.9. The van der Waals surface area contributed by atoms with E-state index in [0.29, 0.717) is 12.3 Å². The van der Waals surface area contributed by atoms with E-state index in [-0.39, 0.29) is 29.7 Å². The van der Waals surface area contributed by atoms with E-state index in [9.17, 15) is 4.79 Å². The number of furan rings is 1. The van der Waals surface area contributed by atoms with Crippen LogP contribution in [0.1, 0.15) is 62.8 Å². The number of amides is 1. The Labute approximate surface area is 197 Å². The van der Waals surface area contributed by atoms with E-state index in [4.69, 9.17) is 15.1 Å². The Balaban J connectivity index is 0.00000320. The van der Waals surface area contributed by atoms with Gasteiger partial charge in [0.2, 0.25) is 0 Å². The van der Waals surface area contributed by atoms with Crippen molar-refractivity contribution in [3.05, 3.63) is 23.7 Å². The highest BCUT2D eigenvalue weighted by Crippen LogP contribution is 2.32. The van der Waals surface area contributed by atoms with Gasteiger partial charge in [0.1, 0.15) is 12.3 Å². The smallest absolute Gasteiger partial charge is 0.284 e. The van der Waals surface area contributed by atoms with Gasteiger partial charge in [-0.2, -0.15) is 0 Å². The molecule has 2 aliphatic rings. The van der Waals surface area contributed by atoms with Gasteiger partial charge in [-0.1, -0.05) is 13.8 Å². The molecule has 2 heterocycles. The average Bonchev–Trinajstić information content (AvgIpc) is 3.21. The first-order valence-electron chi connectivity index (χ1n) is 11.1. The Kier molecular flexibility index (Phi) is 9.93. The Bertz CT molecular complexity index is 689. The molecular weight excluding hydrogens is 493 g/mol. The molecule has 0 atom stereocenters. The molecule has 7 nitrogen and oxygen atoms in total. The molecule has 8 heteroatoms. The maximum Gasteiger partial charge on any atom is 0.284 e. The second-order valence-corrected chi connectivity index (χ2v) is 8.64. The van der Waals surface area contributed by atoms with Crippen LogP contribution >= 0.6 is 24.0 Å². The molecule has 1 aromatic heterocycles. The van der Waals surface area contributed by atoms with Crippen LogP contribution in [0, 0.1) is 11.8 Å². The number of hydrogen-bond acceptors (Lipinski definition) is 4. The van der Waals surface area contributed by atoms with E-state index in [1.807, 2.05) is 0 Å². The van der Waals surface area contributed by atoms with Gasteiger partial charge < -0.3 is 20.4 Å². The lowest BCUT2D eigenvalue weighted by Crippen LogP contribution is -2.55. The number of nitrogens with two attached hydrogens (primary N) is 1. The van der Waals surface area contributed by atoms with E-state index < -0.39 is 5.91 Å². The molecule has 170 valence electrons. The second kappa shape index (κ2) is 11.9. The van der Waals surface area contributed by atoms with Gasteiger partial charge in [0, 0.05) is 38.8 Å². The van der Waals surface area contributed by atoms with Crippen LogP contribution in [0.4, 0.5) is 0 Å². The zero-order valence-corrected chi connectivity index (χ0v) is 20.9. The highest BCUT2D eigenvalue weighted by atomic mass is 127. The molecule has 1 saturated heterocycles. The normalized spacial score (nSPS) is 23.3. The summed E-state index contributed by atoms with van der Waals surface area (Å²) in [7, 11) is 0. The first-order chi connectivity index (χ1) is 14.0. The molecule has 1 aliphatic carbocycles. The maximum atomic E-state index is 11.2. The number of nitrogens with zero attached hydrogens (tertiary/aromatic N) is 3. The van der Waals surface area contributed by atoms with E-state index >= 15 is 0 Å². The van der Waals surface area contributed by atoms with Gasteiger partial charge in [-0.15, -0.1) is 24.0 Å². The fourth-order valence-corrected chi connectivity index (χ4v) is 4.61. The maximum absolute atomic E-state index is 11.2. The Morgan fingerprint density at radius 3 is 2.40 bits per heavy atom. The first-order valence-corrected chi connectivity index (χ1v) is 11.1. The van der Waals surface area contributed by atoms with E-state index in [2.05, 4.69) is 35.9 Å². The molecule has 0 radical (unpaired) electrons. The molecule has 1 aliphatic heterocycles. The molecule has 0 bridgehead atoms. The monoisotopic (exact) mass is 531 g/mol. The number of carbonyl (C=O) groups is 1. The number of primary amides is 1. The average molecular weight is 531 g/mol.